The van der Waals surface area contributed by atoms with Crippen molar-refractivity contribution in [2.24, 2.45) is 0 Å². The van der Waals surface area contributed by atoms with Crippen LogP contribution in [0, 0.1) is 0 Å². The molecule has 2 N–H and O–H groups in total. The summed E-state index contributed by atoms with van der Waals surface area (Å²) in [4.78, 5) is 15.5. The predicted molar refractivity (Wildman–Crippen MR) is 91.3 cm³/mol. The third kappa shape index (κ3) is 3.79. The van der Waals surface area contributed by atoms with E-state index in [1.165, 1.54) is 0 Å². The van der Waals surface area contributed by atoms with E-state index < -0.39 is 0 Å². The lowest BCUT2D eigenvalue weighted by Gasteiger charge is -2.14. The van der Waals surface area contributed by atoms with Gasteiger partial charge in [0, 0.05) is 23.1 Å². The zero-order valence-electron chi connectivity index (χ0n) is 13.1. The highest BCUT2D eigenvalue weighted by molar-refractivity contribution is 6.06. The molecule has 0 fully saturated rings. The number of hydrogen-bond donors (Lipinski definition) is 2. The van der Waals surface area contributed by atoms with Gasteiger partial charge in [0.1, 0.15) is 0 Å². The lowest BCUT2D eigenvalue weighted by Crippen LogP contribution is -2.35. The Morgan fingerprint density at radius 3 is 2.70 bits per heavy atom. The maximum absolute atomic E-state index is 12.4. The van der Waals surface area contributed by atoms with Crippen LogP contribution in [0.3, 0.4) is 0 Å². The maximum atomic E-state index is 12.4. The molecule has 0 saturated heterocycles. The number of benzene rings is 2. The third-order valence-electron chi connectivity index (χ3n) is 3.69. The van der Waals surface area contributed by atoms with Gasteiger partial charge in [-0.15, -0.1) is 0 Å². The molecule has 0 bridgehead atoms. The monoisotopic (exact) mass is 308 g/mol. The van der Waals surface area contributed by atoms with Gasteiger partial charge in [-0.2, -0.15) is 0 Å². The van der Waals surface area contributed by atoms with Crippen LogP contribution in [0.5, 0.6) is 0 Å². The van der Waals surface area contributed by atoms with Crippen molar-refractivity contribution < 1.29 is 9.53 Å². The minimum atomic E-state index is -0.0849. The number of aromatic nitrogens is 1. The second-order valence-electron chi connectivity index (χ2n) is 5.62. The minimum absolute atomic E-state index is 0.0557. The summed E-state index contributed by atoms with van der Waals surface area (Å²) in [6.45, 7) is 2.97. The van der Waals surface area contributed by atoms with Crippen LogP contribution in [0.25, 0.3) is 10.9 Å². The summed E-state index contributed by atoms with van der Waals surface area (Å²) >= 11 is 0. The van der Waals surface area contributed by atoms with Gasteiger partial charge in [0.25, 0.3) is 5.91 Å². The molecule has 23 heavy (non-hydrogen) atoms. The number of fused-ring (bicyclic) bond motifs is 1. The van der Waals surface area contributed by atoms with E-state index in [4.69, 9.17) is 4.74 Å². The molecule has 0 aliphatic rings. The van der Waals surface area contributed by atoms with Crippen molar-refractivity contribution in [1.29, 1.82) is 0 Å². The van der Waals surface area contributed by atoms with Crippen LogP contribution in [-0.2, 0) is 11.3 Å². The average Bonchev–Trinajstić information content (AvgIpc) is 3.00. The van der Waals surface area contributed by atoms with Gasteiger partial charge in [0.15, 0.2) is 0 Å². The SMILES string of the molecule is CC(COCc1ccccc1)NC(=O)c1c[nH]c2ccccc12. The number of aromatic amines is 1. The zero-order valence-corrected chi connectivity index (χ0v) is 13.1. The Kier molecular flexibility index (Phi) is 4.74. The lowest BCUT2D eigenvalue weighted by molar-refractivity contribution is 0.0821. The van der Waals surface area contributed by atoms with Crippen LogP contribution in [0.15, 0.2) is 60.8 Å². The smallest absolute Gasteiger partial charge is 0.253 e. The van der Waals surface area contributed by atoms with E-state index in [2.05, 4.69) is 10.3 Å². The van der Waals surface area contributed by atoms with Crippen LogP contribution in [0.1, 0.15) is 22.8 Å². The summed E-state index contributed by atoms with van der Waals surface area (Å²) in [7, 11) is 0. The highest BCUT2D eigenvalue weighted by Gasteiger charge is 2.14. The molecule has 0 aliphatic carbocycles. The Bertz CT molecular complexity index is 780. The normalized spacial score (nSPS) is 12.2. The molecular weight excluding hydrogens is 288 g/mol. The molecule has 1 aromatic heterocycles. The number of carbonyl (C=O) groups is 1. The Labute approximate surface area is 135 Å². The first kappa shape index (κ1) is 15.3. The summed E-state index contributed by atoms with van der Waals surface area (Å²) in [6.07, 6.45) is 1.75. The quantitative estimate of drug-likeness (QED) is 0.732. The minimum Gasteiger partial charge on any atom is -0.375 e. The molecular formula is C19H20N2O2. The van der Waals surface area contributed by atoms with Crippen molar-refractivity contribution in [3.63, 3.8) is 0 Å². The van der Waals surface area contributed by atoms with Gasteiger partial charge in [0.2, 0.25) is 0 Å². The Hall–Kier alpha value is -2.59. The molecule has 0 radical (unpaired) electrons. The molecule has 0 spiro atoms. The summed E-state index contributed by atoms with van der Waals surface area (Å²) in [6, 6.07) is 17.7. The number of amides is 1. The first-order valence-corrected chi connectivity index (χ1v) is 7.72. The molecule has 1 heterocycles. The van der Waals surface area contributed by atoms with Gasteiger partial charge in [-0.1, -0.05) is 48.5 Å². The molecule has 0 aliphatic heterocycles. The number of ether oxygens (including phenoxy) is 1. The highest BCUT2D eigenvalue weighted by Crippen LogP contribution is 2.17. The Balaban J connectivity index is 1.53. The van der Waals surface area contributed by atoms with E-state index in [0.717, 1.165) is 16.5 Å². The number of nitrogens with one attached hydrogen (secondary N) is 2. The van der Waals surface area contributed by atoms with Crippen molar-refractivity contribution in [3.05, 3.63) is 71.9 Å². The topological polar surface area (TPSA) is 54.1 Å². The maximum Gasteiger partial charge on any atom is 0.253 e. The average molecular weight is 308 g/mol. The van der Waals surface area contributed by atoms with Crippen LogP contribution < -0.4 is 5.32 Å². The predicted octanol–water partition coefficient (Wildman–Crippen LogP) is 3.50. The Morgan fingerprint density at radius 2 is 1.87 bits per heavy atom. The van der Waals surface area contributed by atoms with E-state index >= 15 is 0 Å². The molecule has 1 unspecified atom stereocenters. The number of H-pyrrole nitrogens is 1. The number of para-hydroxylation sites is 1. The van der Waals surface area contributed by atoms with Crippen LogP contribution in [-0.4, -0.2) is 23.5 Å². The second kappa shape index (κ2) is 7.11. The molecule has 3 aromatic rings. The first-order valence-electron chi connectivity index (χ1n) is 7.72. The molecule has 0 saturated carbocycles. The van der Waals surface area contributed by atoms with E-state index in [9.17, 15) is 4.79 Å². The molecule has 2 aromatic carbocycles. The fraction of sp³-hybridized carbons (Fsp3) is 0.211. The summed E-state index contributed by atoms with van der Waals surface area (Å²) in [5, 5.41) is 3.91. The van der Waals surface area contributed by atoms with Gasteiger partial charge in [-0.05, 0) is 18.6 Å². The van der Waals surface area contributed by atoms with Crippen molar-refractivity contribution in [2.75, 3.05) is 6.61 Å². The van der Waals surface area contributed by atoms with Gasteiger partial charge < -0.3 is 15.0 Å². The molecule has 4 heteroatoms. The third-order valence-corrected chi connectivity index (χ3v) is 3.69. The van der Waals surface area contributed by atoms with Gasteiger partial charge in [0.05, 0.1) is 18.8 Å². The Morgan fingerprint density at radius 1 is 1.13 bits per heavy atom. The van der Waals surface area contributed by atoms with E-state index in [0.29, 0.717) is 18.8 Å². The van der Waals surface area contributed by atoms with Crippen LogP contribution in [0.4, 0.5) is 0 Å². The molecule has 1 atom stereocenters. The largest absolute Gasteiger partial charge is 0.375 e. The van der Waals surface area contributed by atoms with Gasteiger partial charge >= 0.3 is 0 Å². The second-order valence-corrected chi connectivity index (χ2v) is 5.62. The summed E-state index contributed by atoms with van der Waals surface area (Å²) < 4.78 is 5.66. The fourth-order valence-electron chi connectivity index (χ4n) is 2.53. The molecule has 4 nitrogen and oxygen atoms in total. The van der Waals surface area contributed by atoms with Crippen molar-refractivity contribution in [3.8, 4) is 0 Å². The highest BCUT2D eigenvalue weighted by atomic mass is 16.5. The fourth-order valence-corrected chi connectivity index (χ4v) is 2.53. The number of carbonyl (C=O) groups excluding carboxylic acids is 1. The van der Waals surface area contributed by atoms with Crippen LogP contribution in [0.2, 0.25) is 0 Å². The van der Waals surface area contributed by atoms with Crippen LogP contribution >= 0.6 is 0 Å². The van der Waals surface area contributed by atoms with Crippen molar-refractivity contribution >= 4 is 16.8 Å². The summed E-state index contributed by atoms with van der Waals surface area (Å²) in [5.41, 5.74) is 2.75. The van der Waals surface area contributed by atoms with Crippen molar-refractivity contribution in [1.82, 2.24) is 10.3 Å². The number of rotatable bonds is 6. The standard InChI is InChI=1S/C19H20N2O2/c1-14(12-23-13-15-7-3-2-4-8-15)21-19(22)17-11-20-18-10-6-5-9-16(17)18/h2-11,14,20H,12-13H2,1H3,(H,21,22). The molecule has 1 amide bonds. The van der Waals surface area contributed by atoms with Gasteiger partial charge in [-0.25, -0.2) is 0 Å². The van der Waals surface area contributed by atoms with E-state index in [1.54, 1.807) is 6.20 Å². The zero-order chi connectivity index (χ0) is 16.1. The summed E-state index contributed by atoms with van der Waals surface area (Å²) in [5.74, 6) is -0.0849. The molecule has 118 valence electrons. The first-order chi connectivity index (χ1) is 11.2. The van der Waals surface area contributed by atoms with Crippen molar-refractivity contribution in [2.45, 2.75) is 19.6 Å². The number of hydrogen-bond acceptors (Lipinski definition) is 2. The van der Waals surface area contributed by atoms with E-state index in [-0.39, 0.29) is 11.9 Å². The molecule has 3 rings (SSSR count). The van der Waals surface area contributed by atoms with Gasteiger partial charge in [-0.3, -0.25) is 4.79 Å². The lowest BCUT2D eigenvalue weighted by atomic mass is 10.1. The van der Waals surface area contributed by atoms with E-state index in [1.807, 2.05) is 61.5 Å².